The number of hydrogen-bond acceptors (Lipinski definition) is 7. The smallest absolute Gasteiger partial charge is 0.265 e. The third-order valence-electron chi connectivity index (χ3n) is 7.09. The second-order valence-corrected chi connectivity index (χ2v) is 11.1. The Morgan fingerprint density at radius 1 is 0.875 bits per heavy atom. The molecule has 2 aliphatic heterocycles. The molecule has 1 fully saturated rings. The summed E-state index contributed by atoms with van der Waals surface area (Å²) in [4.78, 5) is 31.1. The molecule has 0 aliphatic carbocycles. The van der Waals surface area contributed by atoms with E-state index >= 15 is 0 Å². The van der Waals surface area contributed by atoms with Gasteiger partial charge in [-0.05, 0) is 66.5 Å². The summed E-state index contributed by atoms with van der Waals surface area (Å²) in [6, 6.07) is 17.1. The van der Waals surface area contributed by atoms with Gasteiger partial charge in [-0.15, -0.1) is 11.3 Å². The number of nitrogens with one attached hydrogen (secondary N) is 2. The van der Waals surface area contributed by atoms with E-state index in [1.165, 1.54) is 35.1 Å². The van der Waals surface area contributed by atoms with Crippen molar-refractivity contribution in [2.45, 2.75) is 6.54 Å². The molecule has 0 bridgehead atoms. The zero-order valence-corrected chi connectivity index (χ0v) is 22.9. The summed E-state index contributed by atoms with van der Waals surface area (Å²) < 4.78 is 26.7. The van der Waals surface area contributed by atoms with E-state index in [1.54, 1.807) is 18.2 Å². The van der Waals surface area contributed by atoms with Crippen LogP contribution in [0.4, 0.5) is 15.8 Å². The quantitative estimate of drug-likeness (QED) is 0.343. The van der Waals surface area contributed by atoms with Crippen molar-refractivity contribution < 1.29 is 23.5 Å². The van der Waals surface area contributed by atoms with Gasteiger partial charge in [-0.2, -0.15) is 0 Å². The summed E-state index contributed by atoms with van der Waals surface area (Å²) in [5, 5.41) is 6.38. The minimum Gasteiger partial charge on any atom is -0.486 e. The number of anilines is 2. The highest BCUT2D eigenvalue weighted by Crippen LogP contribution is 2.32. The molecule has 8 nitrogen and oxygen atoms in total. The van der Waals surface area contributed by atoms with Crippen molar-refractivity contribution in [3.05, 3.63) is 82.5 Å². The SMILES string of the molecule is CN1CCN(Cc2ccc3cc(C(=O)Nc4cc(NC(=O)c5ccc6c(c5)OCCO6)ccc4F)sc3c2)CC1. The first-order valence-corrected chi connectivity index (χ1v) is 14.0. The number of hydrogen-bond donors (Lipinski definition) is 2. The molecule has 4 aromatic rings. The maximum absolute atomic E-state index is 14.6. The zero-order valence-electron chi connectivity index (χ0n) is 22.0. The number of fused-ring (bicyclic) bond motifs is 2. The van der Waals surface area contributed by atoms with Crippen LogP contribution in [-0.4, -0.2) is 68.1 Å². The van der Waals surface area contributed by atoms with Crippen LogP contribution in [0.5, 0.6) is 11.5 Å². The van der Waals surface area contributed by atoms with E-state index in [1.807, 2.05) is 12.1 Å². The van der Waals surface area contributed by atoms with Crippen molar-refractivity contribution in [1.82, 2.24) is 9.80 Å². The van der Waals surface area contributed by atoms with E-state index in [0.717, 1.165) is 42.8 Å². The molecule has 2 amide bonds. The normalized spacial score (nSPS) is 15.7. The molecule has 6 rings (SSSR count). The number of thiophene rings is 1. The zero-order chi connectivity index (χ0) is 27.6. The van der Waals surface area contributed by atoms with Gasteiger partial charge in [0.15, 0.2) is 11.5 Å². The van der Waals surface area contributed by atoms with Crippen LogP contribution in [0, 0.1) is 5.82 Å². The first-order valence-electron chi connectivity index (χ1n) is 13.2. The van der Waals surface area contributed by atoms with Crippen LogP contribution in [-0.2, 0) is 6.54 Å². The van der Waals surface area contributed by atoms with E-state index in [9.17, 15) is 14.0 Å². The van der Waals surface area contributed by atoms with Crippen molar-refractivity contribution in [1.29, 1.82) is 0 Å². The van der Waals surface area contributed by atoms with Crippen LogP contribution in [0.2, 0.25) is 0 Å². The van der Waals surface area contributed by atoms with Crippen LogP contribution >= 0.6 is 11.3 Å². The summed E-state index contributed by atoms with van der Waals surface area (Å²) in [5.41, 5.74) is 1.91. The highest BCUT2D eigenvalue weighted by atomic mass is 32.1. The highest BCUT2D eigenvalue weighted by Gasteiger charge is 2.18. The summed E-state index contributed by atoms with van der Waals surface area (Å²) in [7, 11) is 2.14. The van der Waals surface area contributed by atoms with Gasteiger partial charge < -0.3 is 25.0 Å². The van der Waals surface area contributed by atoms with Crippen LogP contribution < -0.4 is 20.1 Å². The van der Waals surface area contributed by atoms with Gasteiger partial charge in [-0.1, -0.05) is 12.1 Å². The van der Waals surface area contributed by atoms with E-state index in [0.29, 0.717) is 40.8 Å². The Kier molecular flexibility index (Phi) is 7.38. The molecule has 0 atom stereocenters. The molecule has 2 N–H and O–H groups in total. The van der Waals surface area contributed by atoms with Crippen molar-refractivity contribution >= 4 is 44.6 Å². The lowest BCUT2D eigenvalue weighted by Crippen LogP contribution is -2.43. The Morgan fingerprint density at radius 3 is 2.50 bits per heavy atom. The van der Waals surface area contributed by atoms with Gasteiger partial charge >= 0.3 is 0 Å². The first-order chi connectivity index (χ1) is 19.4. The number of carbonyl (C=O) groups excluding carboxylic acids is 2. The summed E-state index contributed by atoms with van der Waals surface area (Å²) in [6.07, 6.45) is 0. The number of rotatable bonds is 6. The largest absolute Gasteiger partial charge is 0.486 e. The summed E-state index contributed by atoms with van der Waals surface area (Å²) in [6.45, 7) is 5.94. The van der Waals surface area contributed by atoms with Crippen LogP contribution in [0.1, 0.15) is 25.6 Å². The summed E-state index contributed by atoms with van der Waals surface area (Å²) in [5.74, 6) is -0.308. The van der Waals surface area contributed by atoms with E-state index < -0.39 is 17.6 Å². The minimum atomic E-state index is -0.596. The standard InChI is InChI=1S/C30H29FN4O4S/c1-34-8-10-35(11-9-34)18-19-2-3-20-16-28(40-27(20)14-19)30(37)33-24-17-22(5-6-23(24)31)32-29(36)21-4-7-25-26(15-21)39-13-12-38-25/h2-7,14-17H,8-13,18H2,1H3,(H,32,36)(H,33,37). The third kappa shape index (κ3) is 5.79. The lowest BCUT2D eigenvalue weighted by molar-refractivity contribution is 0.102. The Hall–Kier alpha value is -3.99. The molecule has 0 unspecified atom stereocenters. The number of likely N-dealkylation sites (N-methyl/N-ethyl adjacent to an activating group) is 1. The van der Waals surface area contributed by atoms with Crippen molar-refractivity contribution in [2.24, 2.45) is 0 Å². The molecule has 3 heterocycles. The molecule has 3 aromatic carbocycles. The van der Waals surface area contributed by atoms with Gasteiger partial charge in [0.2, 0.25) is 0 Å². The average Bonchev–Trinajstić information content (AvgIpc) is 3.39. The average molecular weight is 561 g/mol. The number of nitrogens with zero attached hydrogens (tertiary/aromatic N) is 2. The number of piperazine rings is 1. The fourth-order valence-electron chi connectivity index (χ4n) is 4.82. The molecule has 206 valence electrons. The lowest BCUT2D eigenvalue weighted by Gasteiger charge is -2.32. The predicted molar refractivity (Wildman–Crippen MR) is 154 cm³/mol. The first kappa shape index (κ1) is 26.2. The molecular formula is C30H29FN4O4S. The Labute approximate surface area is 235 Å². The molecule has 1 saturated heterocycles. The van der Waals surface area contributed by atoms with Gasteiger partial charge in [-0.3, -0.25) is 14.5 Å². The Morgan fingerprint density at radius 2 is 1.68 bits per heavy atom. The van der Waals surface area contributed by atoms with Crippen molar-refractivity contribution in [3.63, 3.8) is 0 Å². The van der Waals surface area contributed by atoms with Crippen LogP contribution in [0.15, 0.2) is 60.7 Å². The number of halogens is 1. The van der Waals surface area contributed by atoms with Crippen LogP contribution in [0.3, 0.4) is 0 Å². The monoisotopic (exact) mass is 560 g/mol. The van der Waals surface area contributed by atoms with Crippen LogP contribution in [0.25, 0.3) is 10.1 Å². The van der Waals surface area contributed by atoms with Gasteiger partial charge in [0.1, 0.15) is 19.0 Å². The second-order valence-electron chi connectivity index (χ2n) is 10.0. The van der Waals surface area contributed by atoms with Gasteiger partial charge in [-0.25, -0.2) is 4.39 Å². The van der Waals surface area contributed by atoms with Gasteiger partial charge in [0, 0.05) is 48.7 Å². The fourth-order valence-corrected chi connectivity index (χ4v) is 5.84. The fraction of sp³-hybridized carbons (Fsp3) is 0.267. The third-order valence-corrected chi connectivity index (χ3v) is 8.18. The number of benzene rings is 3. The van der Waals surface area contributed by atoms with E-state index in [-0.39, 0.29) is 5.69 Å². The molecule has 2 aliphatic rings. The molecule has 1 aromatic heterocycles. The van der Waals surface area contributed by atoms with Crippen molar-refractivity contribution in [3.8, 4) is 11.5 Å². The van der Waals surface area contributed by atoms with E-state index in [2.05, 4.69) is 39.6 Å². The van der Waals surface area contributed by atoms with E-state index in [4.69, 9.17) is 9.47 Å². The molecule has 0 spiro atoms. The minimum absolute atomic E-state index is 0.0156. The highest BCUT2D eigenvalue weighted by molar-refractivity contribution is 7.20. The lowest BCUT2D eigenvalue weighted by atomic mass is 10.1. The van der Waals surface area contributed by atoms with Crippen molar-refractivity contribution in [2.75, 3.05) is 57.1 Å². The number of ether oxygens (including phenoxy) is 2. The van der Waals surface area contributed by atoms with Gasteiger partial charge in [0.05, 0.1) is 10.6 Å². The topological polar surface area (TPSA) is 83.1 Å². The number of amides is 2. The molecule has 0 radical (unpaired) electrons. The molecule has 0 saturated carbocycles. The maximum atomic E-state index is 14.6. The number of carbonyl (C=O) groups is 2. The van der Waals surface area contributed by atoms with Gasteiger partial charge in [0.25, 0.3) is 11.8 Å². The summed E-state index contributed by atoms with van der Waals surface area (Å²) >= 11 is 1.38. The molecule has 10 heteroatoms. The predicted octanol–water partition coefficient (Wildman–Crippen LogP) is 5.06. The molecule has 40 heavy (non-hydrogen) atoms. The Balaban J connectivity index is 1.13. The Bertz CT molecular complexity index is 1580. The second kappa shape index (κ2) is 11.2. The molecular weight excluding hydrogens is 531 g/mol. The maximum Gasteiger partial charge on any atom is 0.265 e.